The first kappa shape index (κ1) is 17.7. The minimum absolute atomic E-state index is 0.0563. The second-order valence-electron chi connectivity index (χ2n) is 5.51. The summed E-state index contributed by atoms with van der Waals surface area (Å²) in [5.74, 6) is -0.309. The predicted octanol–water partition coefficient (Wildman–Crippen LogP) is 2.72. The highest BCUT2D eigenvalue weighted by molar-refractivity contribution is 5.95. The predicted molar refractivity (Wildman–Crippen MR) is 96.9 cm³/mol. The van der Waals surface area contributed by atoms with Crippen LogP contribution in [0.5, 0.6) is 0 Å². The van der Waals surface area contributed by atoms with E-state index < -0.39 is 0 Å². The van der Waals surface area contributed by atoms with Crippen molar-refractivity contribution in [1.29, 1.82) is 0 Å². The summed E-state index contributed by atoms with van der Waals surface area (Å²) in [5.41, 5.74) is 8.83. The molecule has 2 amide bonds. The summed E-state index contributed by atoms with van der Waals surface area (Å²) < 4.78 is 0. The highest BCUT2D eigenvalue weighted by Gasteiger charge is 2.08. The molecule has 5 nitrogen and oxygen atoms in total. The second-order valence-corrected chi connectivity index (χ2v) is 5.51. The van der Waals surface area contributed by atoms with E-state index in [0.717, 1.165) is 17.5 Å². The van der Waals surface area contributed by atoms with Gasteiger partial charge in [0.25, 0.3) is 0 Å². The topological polar surface area (TPSA) is 84.2 Å². The number of benzene rings is 2. The summed E-state index contributed by atoms with van der Waals surface area (Å²) in [6.07, 6.45) is 1.88. The van der Waals surface area contributed by atoms with E-state index in [4.69, 9.17) is 5.73 Å². The van der Waals surface area contributed by atoms with Crippen LogP contribution in [-0.2, 0) is 22.4 Å². The quantitative estimate of drug-likeness (QED) is 0.732. The lowest BCUT2D eigenvalue weighted by molar-refractivity contribution is -0.116. The average Bonchev–Trinajstić information content (AvgIpc) is 2.61. The number of carbonyl (C=O) groups is 2. The summed E-state index contributed by atoms with van der Waals surface area (Å²) >= 11 is 0. The van der Waals surface area contributed by atoms with Gasteiger partial charge in [-0.1, -0.05) is 43.3 Å². The van der Waals surface area contributed by atoms with Gasteiger partial charge < -0.3 is 16.4 Å². The molecule has 2 aromatic rings. The highest BCUT2D eigenvalue weighted by atomic mass is 16.2. The Morgan fingerprint density at radius 1 is 1.00 bits per heavy atom. The number of carbonyl (C=O) groups excluding carboxylic acids is 2. The molecule has 0 saturated carbocycles. The number of hydrogen-bond acceptors (Lipinski definition) is 3. The van der Waals surface area contributed by atoms with Gasteiger partial charge in [0.2, 0.25) is 11.8 Å². The van der Waals surface area contributed by atoms with Crippen LogP contribution in [0.25, 0.3) is 0 Å². The molecule has 5 heteroatoms. The molecule has 126 valence electrons. The maximum absolute atomic E-state index is 12.1. The standard InChI is InChI=1S/C19H23N3O2/c1-2-15-9-10-16(12-17(15)22-19(24)13-20)21-18(23)11-8-14-6-4-3-5-7-14/h3-7,9-10,12H,2,8,11,13,20H2,1H3,(H,21,23)(H,22,24). The third-order valence-corrected chi connectivity index (χ3v) is 3.72. The zero-order valence-corrected chi connectivity index (χ0v) is 13.8. The molecular formula is C19H23N3O2. The summed E-state index contributed by atoms with van der Waals surface area (Å²) in [4.78, 5) is 23.6. The fourth-order valence-corrected chi connectivity index (χ4v) is 2.41. The van der Waals surface area contributed by atoms with Gasteiger partial charge >= 0.3 is 0 Å². The van der Waals surface area contributed by atoms with Gasteiger partial charge in [0, 0.05) is 17.8 Å². The summed E-state index contributed by atoms with van der Waals surface area (Å²) in [6.45, 7) is 1.93. The lowest BCUT2D eigenvalue weighted by atomic mass is 10.1. The molecule has 2 rings (SSSR count). The van der Waals surface area contributed by atoms with E-state index in [-0.39, 0.29) is 18.4 Å². The Hall–Kier alpha value is -2.66. The van der Waals surface area contributed by atoms with Crippen molar-refractivity contribution < 1.29 is 9.59 Å². The van der Waals surface area contributed by atoms with Crippen LogP contribution in [0.2, 0.25) is 0 Å². The number of rotatable bonds is 7. The molecule has 24 heavy (non-hydrogen) atoms. The van der Waals surface area contributed by atoms with E-state index >= 15 is 0 Å². The van der Waals surface area contributed by atoms with Gasteiger partial charge in [-0.05, 0) is 36.1 Å². The van der Waals surface area contributed by atoms with Crippen molar-refractivity contribution in [3.05, 3.63) is 59.7 Å². The number of aryl methyl sites for hydroxylation is 2. The number of nitrogens with two attached hydrogens (primary N) is 1. The minimum Gasteiger partial charge on any atom is -0.326 e. The molecule has 0 atom stereocenters. The molecule has 0 unspecified atom stereocenters. The Kier molecular flexibility index (Phi) is 6.51. The molecule has 0 aliphatic carbocycles. The molecule has 4 N–H and O–H groups in total. The first-order valence-electron chi connectivity index (χ1n) is 8.09. The third kappa shape index (κ3) is 5.21. The van der Waals surface area contributed by atoms with Crippen molar-refractivity contribution in [2.75, 3.05) is 17.2 Å². The van der Waals surface area contributed by atoms with Crippen LogP contribution in [-0.4, -0.2) is 18.4 Å². The number of nitrogens with one attached hydrogen (secondary N) is 2. The van der Waals surface area contributed by atoms with Crippen LogP contribution >= 0.6 is 0 Å². The smallest absolute Gasteiger partial charge is 0.238 e. The molecule has 0 spiro atoms. The average molecular weight is 325 g/mol. The van der Waals surface area contributed by atoms with E-state index in [1.807, 2.05) is 49.4 Å². The van der Waals surface area contributed by atoms with Gasteiger partial charge in [-0.15, -0.1) is 0 Å². The highest BCUT2D eigenvalue weighted by Crippen LogP contribution is 2.22. The van der Waals surface area contributed by atoms with E-state index in [9.17, 15) is 9.59 Å². The Balaban J connectivity index is 1.99. The molecule has 0 aliphatic rings. The van der Waals surface area contributed by atoms with Crippen LogP contribution in [0.3, 0.4) is 0 Å². The van der Waals surface area contributed by atoms with E-state index in [1.54, 1.807) is 6.07 Å². The Bertz CT molecular complexity index is 699. The van der Waals surface area contributed by atoms with Gasteiger partial charge in [0.15, 0.2) is 0 Å². The fraction of sp³-hybridized carbons (Fsp3) is 0.263. The van der Waals surface area contributed by atoms with Crippen molar-refractivity contribution in [2.24, 2.45) is 5.73 Å². The van der Waals surface area contributed by atoms with Gasteiger partial charge in [-0.25, -0.2) is 0 Å². The van der Waals surface area contributed by atoms with Crippen molar-refractivity contribution in [3.8, 4) is 0 Å². The number of anilines is 2. The Labute approximate surface area is 142 Å². The lowest BCUT2D eigenvalue weighted by Crippen LogP contribution is -2.22. The zero-order valence-electron chi connectivity index (χ0n) is 13.8. The van der Waals surface area contributed by atoms with Crippen molar-refractivity contribution in [3.63, 3.8) is 0 Å². The van der Waals surface area contributed by atoms with E-state index in [1.165, 1.54) is 0 Å². The third-order valence-electron chi connectivity index (χ3n) is 3.72. The SMILES string of the molecule is CCc1ccc(NC(=O)CCc2ccccc2)cc1NC(=O)CN. The second kappa shape index (κ2) is 8.84. The van der Waals surface area contributed by atoms with Crippen LogP contribution in [0.4, 0.5) is 11.4 Å². The summed E-state index contributed by atoms with van der Waals surface area (Å²) in [6, 6.07) is 15.4. The van der Waals surface area contributed by atoms with Crippen molar-refractivity contribution in [2.45, 2.75) is 26.2 Å². The molecule has 0 heterocycles. The van der Waals surface area contributed by atoms with Crippen molar-refractivity contribution >= 4 is 23.2 Å². The molecule has 0 fully saturated rings. The maximum Gasteiger partial charge on any atom is 0.238 e. The maximum atomic E-state index is 12.1. The number of hydrogen-bond donors (Lipinski definition) is 3. The molecule has 2 aromatic carbocycles. The normalized spacial score (nSPS) is 10.2. The van der Waals surface area contributed by atoms with E-state index in [2.05, 4.69) is 10.6 Å². The molecule has 0 bridgehead atoms. The molecule has 0 saturated heterocycles. The summed E-state index contributed by atoms with van der Waals surface area (Å²) in [7, 11) is 0. The molecule has 0 radical (unpaired) electrons. The van der Waals surface area contributed by atoms with Gasteiger partial charge in [-0.3, -0.25) is 9.59 Å². The van der Waals surface area contributed by atoms with Crippen LogP contribution < -0.4 is 16.4 Å². The van der Waals surface area contributed by atoms with Crippen LogP contribution in [0, 0.1) is 0 Å². The van der Waals surface area contributed by atoms with Gasteiger partial charge in [0.05, 0.1) is 6.54 Å². The van der Waals surface area contributed by atoms with Crippen molar-refractivity contribution in [1.82, 2.24) is 0 Å². The van der Waals surface area contributed by atoms with Crippen LogP contribution in [0.15, 0.2) is 48.5 Å². The Morgan fingerprint density at radius 2 is 1.75 bits per heavy atom. The minimum atomic E-state index is -0.253. The largest absolute Gasteiger partial charge is 0.326 e. The van der Waals surface area contributed by atoms with Gasteiger partial charge in [-0.2, -0.15) is 0 Å². The zero-order chi connectivity index (χ0) is 17.4. The first-order valence-corrected chi connectivity index (χ1v) is 8.09. The van der Waals surface area contributed by atoms with Crippen LogP contribution in [0.1, 0.15) is 24.5 Å². The van der Waals surface area contributed by atoms with E-state index in [0.29, 0.717) is 24.2 Å². The first-order chi connectivity index (χ1) is 11.6. The molecule has 0 aliphatic heterocycles. The fourth-order valence-electron chi connectivity index (χ4n) is 2.41. The monoisotopic (exact) mass is 325 g/mol. The molecule has 0 aromatic heterocycles. The van der Waals surface area contributed by atoms with Gasteiger partial charge in [0.1, 0.15) is 0 Å². The summed E-state index contributed by atoms with van der Waals surface area (Å²) in [5, 5.41) is 5.64. The Morgan fingerprint density at radius 3 is 2.42 bits per heavy atom. The molecular weight excluding hydrogens is 302 g/mol. The number of amides is 2. The lowest BCUT2D eigenvalue weighted by Gasteiger charge is -2.12.